The molecule has 1 heteroatoms. The maximum atomic E-state index is 10.7. The molecule has 1 atom stereocenters. The Morgan fingerprint density at radius 3 is 2.81 bits per heavy atom. The van der Waals surface area contributed by atoms with Crippen LogP contribution in [0.3, 0.4) is 0 Å². The second-order valence-electron chi connectivity index (χ2n) is 4.53. The second-order valence-corrected chi connectivity index (χ2v) is 4.53. The van der Waals surface area contributed by atoms with Crippen molar-refractivity contribution in [3.8, 4) is 0 Å². The van der Waals surface area contributed by atoms with Crippen molar-refractivity contribution in [3.63, 3.8) is 0 Å². The van der Waals surface area contributed by atoms with E-state index in [1.807, 2.05) is 6.08 Å². The summed E-state index contributed by atoms with van der Waals surface area (Å²) >= 11 is 0. The van der Waals surface area contributed by atoms with Crippen molar-refractivity contribution in [2.75, 3.05) is 0 Å². The quantitative estimate of drug-likeness (QED) is 0.482. The van der Waals surface area contributed by atoms with Gasteiger partial charge in [0, 0.05) is 0 Å². The van der Waals surface area contributed by atoms with Crippen molar-refractivity contribution >= 4 is 6.29 Å². The van der Waals surface area contributed by atoms with E-state index in [0.717, 1.165) is 18.3 Å². The molecule has 0 saturated heterocycles. The van der Waals surface area contributed by atoms with Gasteiger partial charge in [0.1, 0.15) is 6.29 Å². The third-order valence-electron chi connectivity index (χ3n) is 3.04. The summed E-state index contributed by atoms with van der Waals surface area (Å²) in [4.78, 5) is 10.7. The lowest BCUT2D eigenvalue weighted by molar-refractivity contribution is -0.105. The molecule has 0 amide bonds. The van der Waals surface area contributed by atoms with E-state index in [9.17, 15) is 4.79 Å². The van der Waals surface area contributed by atoms with Crippen LogP contribution in [0, 0.1) is 5.92 Å². The number of hydrogen-bond donors (Lipinski definition) is 0. The van der Waals surface area contributed by atoms with E-state index in [-0.39, 0.29) is 0 Å². The summed E-state index contributed by atoms with van der Waals surface area (Å²) in [6, 6.07) is 0. The molecule has 0 bridgehead atoms. The first-order valence-electron chi connectivity index (χ1n) is 6.30. The normalized spacial score (nSPS) is 20.8. The molecule has 88 valence electrons. The molecule has 1 nitrogen and oxygen atoms in total. The van der Waals surface area contributed by atoms with Gasteiger partial charge in [-0.1, -0.05) is 51.0 Å². The zero-order valence-corrected chi connectivity index (χ0v) is 10.4. The van der Waals surface area contributed by atoms with Crippen LogP contribution in [0.15, 0.2) is 35.5 Å². The average molecular weight is 218 g/mol. The molecular weight excluding hydrogens is 196 g/mol. The number of allylic oxidation sites excluding steroid dienone is 6. The molecule has 1 rings (SSSR count). The van der Waals surface area contributed by atoms with E-state index in [1.54, 1.807) is 0 Å². The Bertz CT molecular complexity index is 307. The number of rotatable bonds is 6. The summed E-state index contributed by atoms with van der Waals surface area (Å²) in [5.74, 6) is 0.373. The van der Waals surface area contributed by atoms with Crippen LogP contribution in [0.1, 0.15) is 46.0 Å². The van der Waals surface area contributed by atoms with E-state index in [0.29, 0.717) is 5.92 Å². The minimum absolute atomic E-state index is 0.373. The first-order valence-corrected chi connectivity index (χ1v) is 6.30. The van der Waals surface area contributed by atoms with Crippen LogP contribution in [0.5, 0.6) is 0 Å². The minimum Gasteiger partial charge on any atom is -0.298 e. The predicted molar refractivity (Wildman–Crippen MR) is 69.3 cm³/mol. The summed E-state index contributed by atoms with van der Waals surface area (Å²) in [7, 11) is 0. The smallest absolute Gasteiger partial charge is 0.146 e. The van der Waals surface area contributed by atoms with Gasteiger partial charge in [-0.15, -0.1) is 0 Å². The fourth-order valence-electron chi connectivity index (χ4n) is 1.93. The van der Waals surface area contributed by atoms with E-state index in [2.05, 4.69) is 32.1 Å². The van der Waals surface area contributed by atoms with Crippen molar-refractivity contribution < 1.29 is 4.79 Å². The Kier molecular flexibility index (Phi) is 5.84. The van der Waals surface area contributed by atoms with Crippen LogP contribution < -0.4 is 0 Å². The Balaban J connectivity index is 2.41. The fourth-order valence-corrected chi connectivity index (χ4v) is 1.93. The molecule has 16 heavy (non-hydrogen) atoms. The molecule has 0 spiro atoms. The zero-order chi connectivity index (χ0) is 11.8. The van der Waals surface area contributed by atoms with Crippen LogP contribution >= 0.6 is 0 Å². The molecule has 0 saturated carbocycles. The summed E-state index contributed by atoms with van der Waals surface area (Å²) in [5.41, 5.74) is 2.26. The Hall–Kier alpha value is -1.11. The van der Waals surface area contributed by atoms with E-state index in [1.165, 1.54) is 31.3 Å². The Labute approximate surface area is 98.9 Å². The SMILES string of the molecule is CCCCCC=CC1=CC=C(C=O)C(C)C1. The number of hydrogen-bond acceptors (Lipinski definition) is 1. The monoisotopic (exact) mass is 218 g/mol. The van der Waals surface area contributed by atoms with Crippen LogP contribution in [0.2, 0.25) is 0 Å². The highest BCUT2D eigenvalue weighted by atomic mass is 16.1. The summed E-state index contributed by atoms with van der Waals surface area (Å²) in [5, 5.41) is 0. The fraction of sp³-hybridized carbons (Fsp3) is 0.533. The molecule has 0 fully saturated rings. The molecule has 0 heterocycles. The lowest BCUT2D eigenvalue weighted by atomic mass is 9.89. The molecule has 0 aromatic rings. The predicted octanol–water partition coefficient (Wildman–Crippen LogP) is 4.21. The topological polar surface area (TPSA) is 17.1 Å². The van der Waals surface area contributed by atoms with Crippen LogP contribution in [-0.4, -0.2) is 6.29 Å². The highest BCUT2D eigenvalue weighted by Crippen LogP contribution is 2.24. The first-order chi connectivity index (χ1) is 7.77. The second kappa shape index (κ2) is 7.21. The highest BCUT2D eigenvalue weighted by molar-refractivity contribution is 5.75. The molecule has 0 radical (unpaired) electrons. The summed E-state index contributed by atoms with van der Waals surface area (Å²) in [6.45, 7) is 4.33. The van der Waals surface area contributed by atoms with Crippen LogP contribution in [-0.2, 0) is 4.79 Å². The van der Waals surface area contributed by atoms with Gasteiger partial charge in [0.25, 0.3) is 0 Å². The minimum atomic E-state index is 0.373. The molecule has 1 aliphatic rings. The number of unbranched alkanes of at least 4 members (excludes halogenated alkanes) is 3. The van der Waals surface area contributed by atoms with Gasteiger partial charge in [-0.2, -0.15) is 0 Å². The molecule has 1 unspecified atom stereocenters. The van der Waals surface area contributed by atoms with E-state index >= 15 is 0 Å². The lowest BCUT2D eigenvalue weighted by Gasteiger charge is -2.15. The van der Waals surface area contributed by atoms with Gasteiger partial charge in [0.05, 0.1) is 0 Å². The van der Waals surface area contributed by atoms with Crippen molar-refractivity contribution in [1.82, 2.24) is 0 Å². The van der Waals surface area contributed by atoms with Gasteiger partial charge in [0.15, 0.2) is 0 Å². The van der Waals surface area contributed by atoms with Crippen molar-refractivity contribution in [3.05, 3.63) is 35.5 Å². The van der Waals surface area contributed by atoms with Gasteiger partial charge < -0.3 is 0 Å². The van der Waals surface area contributed by atoms with Crippen molar-refractivity contribution in [1.29, 1.82) is 0 Å². The van der Waals surface area contributed by atoms with E-state index in [4.69, 9.17) is 0 Å². The maximum absolute atomic E-state index is 10.7. The van der Waals surface area contributed by atoms with Gasteiger partial charge in [-0.3, -0.25) is 4.79 Å². The van der Waals surface area contributed by atoms with Crippen molar-refractivity contribution in [2.24, 2.45) is 5.92 Å². The standard InChI is InChI=1S/C15H22O/c1-3-4-5-6-7-8-14-9-10-15(12-16)13(2)11-14/h7-10,12-13H,3-6,11H2,1-2H3. The number of carbonyl (C=O) groups excluding carboxylic acids is 1. The lowest BCUT2D eigenvalue weighted by Crippen LogP contribution is -2.05. The molecule has 0 N–H and O–H groups in total. The van der Waals surface area contributed by atoms with Gasteiger partial charge >= 0.3 is 0 Å². The van der Waals surface area contributed by atoms with Crippen LogP contribution in [0.25, 0.3) is 0 Å². The average Bonchev–Trinajstić information content (AvgIpc) is 2.29. The Morgan fingerprint density at radius 2 is 2.19 bits per heavy atom. The molecule has 0 aromatic heterocycles. The largest absolute Gasteiger partial charge is 0.298 e. The zero-order valence-electron chi connectivity index (χ0n) is 10.4. The first kappa shape index (κ1) is 13.0. The molecule has 0 aliphatic heterocycles. The molecule has 0 aromatic carbocycles. The summed E-state index contributed by atoms with van der Waals surface area (Å²) < 4.78 is 0. The third-order valence-corrected chi connectivity index (χ3v) is 3.04. The van der Waals surface area contributed by atoms with E-state index < -0.39 is 0 Å². The summed E-state index contributed by atoms with van der Waals surface area (Å²) in [6.07, 6.45) is 15.5. The molecule has 1 aliphatic carbocycles. The van der Waals surface area contributed by atoms with Gasteiger partial charge in [-0.05, 0) is 36.3 Å². The van der Waals surface area contributed by atoms with Crippen LogP contribution in [0.4, 0.5) is 0 Å². The maximum Gasteiger partial charge on any atom is 0.146 e. The van der Waals surface area contributed by atoms with Crippen molar-refractivity contribution in [2.45, 2.75) is 46.0 Å². The Morgan fingerprint density at radius 1 is 1.38 bits per heavy atom. The number of carbonyl (C=O) groups is 1. The van der Waals surface area contributed by atoms with Gasteiger partial charge in [-0.25, -0.2) is 0 Å². The molecular formula is C15H22O. The highest BCUT2D eigenvalue weighted by Gasteiger charge is 2.12. The third kappa shape index (κ3) is 4.18. The van der Waals surface area contributed by atoms with Gasteiger partial charge in [0.2, 0.25) is 0 Å². The number of aldehydes is 1.